The van der Waals surface area contributed by atoms with E-state index < -0.39 is 19.3 Å². The zero-order chi connectivity index (χ0) is 12.4. The van der Waals surface area contributed by atoms with Crippen molar-refractivity contribution in [1.82, 2.24) is 0 Å². The molecule has 1 heterocycles. The fraction of sp³-hybridized carbons (Fsp3) is 0.364. The Bertz CT molecular complexity index is 400. The van der Waals surface area contributed by atoms with Crippen LogP contribution in [0.3, 0.4) is 0 Å². The summed E-state index contributed by atoms with van der Waals surface area (Å²) in [5.41, 5.74) is 1.02. The van der Waals surface area contributed by atoms with Gasteiger partial charge in [0.25, 0.3) is 0 Å². The molecular formula is C11H13NO2. The predicted molar refractivity (Wildman–Crippen MR) is 54.9 cm³/mol. The van der Waals surface area contributed by atoms with E-state index in [2.05, 4.69) is 0 Å². The SMILES string of the molecule is [2H]C(=O)c1ccc(N2C([2H])COCC2[2H])cc1. The Morgan fingerprint density at radius 3 is 2.57 bits per heavy atom. The Morgan fingerprint density at radius 1 is 1.36 bits per heavy atom. The minimum Gasteiger partial charge on any atom is -0.378 e. The summed E-state index contributed by atoms with van der Waals surface area (Å²) in [5.74, 6) is 0. The second-order valence-electron chi connectivity index (χ2n) is 2.96. The molecule has 1 aromatic carbocycles. The summed E-state index contributed by atoms with van der Waals surface area (Å²) < 4.78 is 27.7. The van der Waals surface area contributed by atoms with Crippen LogP contribution in [0.2, 0.25) is 0 Å². The number of hydrogen-bond acceptors (Lipinski definition) is 3. The lowest BCUT2D eigenvalue weighted by Gasteiger charge is -2.28. The van der Waals surface area contributed by atoms with Crippen LogP contribution in [0.1, 0.15) is 14.5 Å². The summed E-state index contributed by atoms with van der Waals surface area (Å²) in [6.07, 6.45) is -0.733. The van der Waals surface area contributed by atoms with Gasteiger partial charge in [-0.15, -0.1) is 0 Å². The van der Waals surface area contributed by atoms with Crippen LogP contribution in [-0.2, 0) is 4.74 Å². The number of anilines is 1. The van der Waals surface area contributed by atoms with Crippen LogP contribution < -0.4 is 4.90 Å². The van der Waals surface area contributed by atoms with Crippen molar-refractivity contribution in [1.29, 1.82) is 0 Å². The maximum absolute atomic E-state index is 10.8. The molecule has 0 spiro atoms. The molecule has 1 aliphatic heterocycles. The number of benzene rings is 1. The fourth-order valence-corrected chi connectivity index (χ4v) is 1.32. The highest BCUT2D eigenvalue weighted by atomic mass is 16.5. The van der Waals surface area contributed by atoms with E-state index in [-0.39, 0.29) is 13.2 Å². The molecule has 0 radical (unpaired) electrons. The van der Waals surface area contributed by atoms with E-state index in [0.29, 0.717) is 11.3 Å². The highest BCUT2D eigenvalue weighted by Crippen LogP contribution is 2.15. The van der Waals surface area contributed by atoms with Crippen LogP contribution in [0, 0.1) is 0 Å². The molecule has 74 valence electrons. The molecule has 1 fully saturated rings. The average Bonchev–Trinajstić information content (AvgIpc) is 2.29. The van der Waals surface area contributed by atoms with Gasteiger partial charge in [0.15, 0.2) is 0 Å². The number of carbonyl (C=O) groups excluding carboxylic acids is 1. The molecule has 0 saturated carbocycles. The van der Waals surface area contributed by atoms with Gasteiger partial charge in [0.05, 0.1) is 16.0 Å². The average molecular weight is 194 g/mol. The molecule has 0 aliphatic carbocycles. The minimum absolute atomic E-state index is 0.272. The summed E-state index contributed by atoms with van der Waals surface area (Å²) in [6.45, 7) is -0.671. The highest BCUT2D eigenvalue weighted by Gasteiger charge is 2.10. The van der Waals surface area contributed by atoms with Gasteiger partial charge in [-0.1, -0.05) is 0 Å². The van der Waals surface area contributed by atoms with Crippen molar-refractivity contribution >= 4 is 11.9 Å². The van der Waals surface area contributed by atoms with Crippen LogP contribution in [0.5, 0.6) is 0 Å². The Hall–Kier alpha value is -1.35. The van der Waals surface area contributed by atoms with Crippen molar-refractivity contribution < 1.29 is 13.6 Å². The van der Waals surface area contributed by atoms with E-state index in [0.717, 1.165) is 0 Å². The number of rotatable bonds is 2. The van der Waals surface area contributed by atoms with Gasteiger partial charge in [0.1, 0.15) is 7.63 Å². The second-order valence-corrected chi connectivity index (χ2v) is 2.96. The molecule has 2 unspecified atom stereocenters. The lowest BCUT2D eigenvalue weighted by molar-refractivity contribution is 0.112. The van der Waals surface area contributed by atoms with Crippen LogP contribution in [0.25, 0.3) is 0 Å². The third kappa shape index (κ3) is 1.93. The molecule has 0 amide bonds. The first-order valence-corrected chi connectivity index (χ1v) is 4.41. The maximum Gasteiger partial charge on any atom is 0.150 e. The van der Waals surface area contributed by atoms with Gasteiger partial charge < -0.3 is 9.64 Å². The Kier molecular flexibility index (Phi) is 1.88. The minimum atomic E-state index is -0.733. The monoisotopic (exact) mass is 194 g/mol. The van der Waals surface area contributed by atoms with E-state index in [4.69, 9.17) is 8.85 Å². The Morgan fingerprint density at radius 2 is 2.00 bits per heavy atom. The van der Waals surface area contributed by atoms with Crippen LogP contribution in [-0.4, -0.2) is 32.5 Å². The number of aldehydes is 1. The second kappa shape index (κ2) is 4.24. The van der Waals surface area contributed by atoms with Crippen molar-refractivity contribution in [3.8, 4) is 0 Å². The topological polar surface area (TPSA) is 29.5 Å². The van der Waals surface area contributed by atoms with Crippen molar-refractivity contribution in [3.63, 3.8) is 0 Å². The number of morpholine rings is 1. The van der Waals surface area contributed by atoms with Crippen LogP contribution >= 0.6 is 0 Å². The summed E-state index contributed by atoms with van der Waals surface area (Å²) in [6, 6.07) is 6.41. The molecule has 0 bridgehead atoms. The third-order valence-corrected chi connectivity index (χ3v) is 2.06. The molecule has 0 aromatic heterocycles. The fourth-order valence-electron chi connectivity index (χ4n) is 1.32. The highest BCUT2D eigenvalue weighted by molar-refractivity contribution is 5.75. The summed E-state index contributed by atoms with van der Waals surface area (Å²) in [4.78, 5) is 12.4. The van der Waals surface area contributed by atoms with Gasteiger partial charge >= 0.3 is 0 Å². The lowest BCUT2D eigenvalue weighted by atomic mass is 10.2. The number of carbonyl (C=O) groups is 1. The van der Waals surface area contributed by atoms with Gasteiger partial charge in [-0.25, -0.2) is 0 Å². The molecule has 1 saturated heterocycles. The molecule has 0 N–H and O–H groups in total. The van der Waals surface area contributed by atoms with Gasteiger partial charge in [-0.3, -0.25) is 4.79 Å². The molecular weight excluding hydrogens is 178 g/mol. The molecule has 3 heteroatoms. The number of hydrogen-bond donors (Lipinski definition) is 0. The van der Waals surface area contributed by atoms with Gasteiger partial charge in [0.2, 0.25) is 0 Å². The van der Waals surface area contributed by atoms with Gasteiger partial charge in [-0.2, -0.15) is 0 Å². The van der Waals surface area contributed by atoms with Gasteiger partial charge in [-0.05, 0) is 24.3 Å². The summed E-state index contributed by atoms with van der Waals surface area (Å²) in [7, 11) is 0. The largest absolute Gasteiger partial charge is 0.378 e. The Balaban J connectivity index is 2.23. The first kappa shape index (κ1) is 6.19. The molecule has 1 aromatic rings. The predicted octanol–water partition coefficient (Wildman–Crippen LogP) is 1.34. The smallest absolute Gasteiger partial charge is 0.150 e. The Labute approximate surface area is 87.5 Å². The van der Waals surface area contributed by atoms with Crippen LogP contribution in [0.4, 0.5) is 5.69 Å². The maximum atomic E-state index is 10.8. The first-order valence-electron chi connectivity index (χ1n) is 6.06. The third-order valence-electron chi connectivity index (χ3n) is 2.06. The van der Waals surface area contributed by atoms with Crippen molar-refractivity contribution in [2.75, 3.05) is 31.2 Å². The summed E-state index contributed by atoms with van der Waals surface area (Å²) >= 11 is 0. The summed E-state index contributed by atoms with van der Waals surface area (Å²) in [5, 5.41) is 0. The van der Waals surface area contributed by atoms with Crippen molar-refractivity contribution in [2.45, 2.75) is 0 Å². The zero-order valence-electron chi connectivity index (χ0n) is 10.6. The van der Waals surface area contributed by atoms with Crippen molar-refractivity contribution in [2.24, 2.45) is 0 Å². The van der Waals surface area contributed by atoms with E-state index in [1.807, 2.05) is 0 Å². The van der Waals surface area contributed by atoms with E-state index >= 15 is 0 Å². The quantitative estimate of drug-likeness (QED) is 0.665. The lowest BCUT2D eigenvalue weighted by Crippen LogP contribution is -2.36. The van der Waals surface area contributed by atoms with Crippen molar-refractivity contribution in [3.05, 3.63) is 29.8 Å². The van der Waals surface area contributed by atoms with E-state index in [9.17, 15) is 4.79 Å². The normalized spacial score (nSPS) is 30.3. The number of ether oxygens (including phenoxy) is 1. The molecule has 2 atom stereocenters. The molecule has 3 nitrogen and oxygen atoms in total. The van der Waals surface area contributed by atoms with Crippen LogP contribution in [0.15, 0.2) is 24.3 Å². The number of nitrogens with zero attached hydrogens (tertiary/aromatic N) is 1. The first-order chi connectivity index (χ1) is 8.09. The van der Waals surface area contributed by atoms with Gasteiger partial charge in [0, 0.05) is 24.3 Å². The zero-order valence-corrected chi connectivity index (χ0v) is 7.64. The molecule has 14 heavy (non-hydrogen) atoms. The van der Waals surface area contributed by atoms with E-state index in [1.54, 1.807) is 29.2 Å². The molecule has 1 aliphatic rings. The molecule has 2 rings (SSSR count). The van der Waals surface area contributed by atoms with E-state index in [1.165, 1.54) is 0 Å². The standard InChI is InChI=1S/C11H13NO2/c13-9-10-1-3-11(4-2-10)12-5-7-14-8-6-12/h1-4,9H,5-8H2/i5D,6D,9D.